The first-order valence-electron chi connectivity index (χ1n) is 12.8. The molecule has 4 aromatic rings. The molecular formula is C28H28FN7O2. The summed E-state index contributed by atoms with van der Waals surface area (Å²) in [6.07, 6.45) is 2.14. The van der Waals surface area contributed by atoms with Gasteiger partial charge < -0.3 is 18.8 Å². The number of pyridine rings is 2. The van der Waals surface area contributed by atoms with Gasteiger partial charge in [0.25, 0.3) is 11.4 Å². The monoisotopic (exact) mass is 513 g/mol. The summed E-state index contributed by atoms with van der Waals surface area (Å²) in [5, 5.41) is 4.25. The van der Waals surface area contributed by atoms with E-state index in [1.807, 2.05) is 0 Å². The molecule has 1 aliphatic heterocycles. The molecule has 10 heteroatoms. The third-order valence-corrected chi connectivity index (χ3v) is 7.66. The highest BCUT2D eigenvalue weighted by Gasteiger charge is 2.39. The molecule has 4 heterocycles. The van der Waals surface area contributed by atoms with Crippen LogP contribution in [0.5, 0.6) is 0 Å². The van der Waals surface area contributed by atoms with E-state index >= 15 is 0 Å². The van der Waals surface area contributed by atoms with Crippen molar-refractivity contribution in [2.75, 3.05) is 18.0 Å². The molecule has 0 radical (unpaired) electrons. The number of aromatic nitrogens is 4. The number of hydrogen-bond acceptors (Lipinski definition) is 7. The van der Waals surface area contributed by atoms with Gasteiger partial charge in [-0.25, -0.2) is 4.39 Å². The molecule has 1 aromatic carbocycles. The molecule has 1 saturated heterocycles. The minimum Gasteiger partial charge on any atom is -0.362 e. The van der Waals surface area contributed by atoms with Crippen LogP contribution in [0.4, 0.5) is 15.9 Å². The minimum absolute atomic E-state index is 0.00586. The molecule has 1 saturated carbocycles. The van der Waals surface area contributed by atoms with Gasteiger partial charge in [0.05, 0.1) is 11.2 Å². The molecule has 38 heavy (non-hydrogen) atoms. The molecule has 3 atom stereocenters. The number of anilines is 1. The minimum atomic E-state index is -0.331. The van der Waals surface area contributed by atoms with Crippen LogP contribution < -0.4 is 10.5 Å². The second-order valence-corrected chi connectivity index (χ2v) is 10.3. The average molecular weight is 514 g/mol. The Kier molecular flexibility index (Phi) is 5.95. The summed E-state index contributed by atoms with van der Waals surface area (Å²) < 4.78 is 21.1. The summed E-state index contributed by atoms with van der Waals surface area (Å²) in [6, 6.07) is 11.2. The van der Waals surface area contributed by atoms with Gasteiger partial charge in [-0.1, -0.05) is 23.9 Å². The Morgan fingerprint density at radius 1 is 1.08 bits per heavy atom. The molecule has 3 aromatic heterocycles. The van der Waals surface area contributed by atoms with E-state index in [2.05, 4.69) is 38.6 Å². The van der Waals surface area contributed by atoms with Crippen molar-refractivity contribution in [2.45, 2.75) is 50.7 Å². The molecule has 2 fully saturated rings. The molecule has 0 bridgehead atoms. The van der Waals surface area contributed by atoms with Crippen molar-refractivity contribution in [1.29, 1.82) is 0 Å². The SMILES string of the molecule is [C-]#[N+]c1ccc2c(n1)c(N1C[C@@H](C)N(C(c3ccc(F)cc3)c3nc(C4CC4)no3)C[C@@H]1C)cc(=O)n2C. The predicted molar refractivity (Wildman–Crippen MR) is 141 cm³/mol. The molecule has 0 spiro atoms. The fourth-order valence-electron chi connectivity index (χ4n) is 5.42. The molecule has 1 aliphatic carbocycles. The maximum absolute atomic E-state index is 13.8. The summed E-state index contributed by atoms with van der Waals surface area (Å²) in [7, 11) is 1.71. The Balaban J connectivity index is 1.38. The van der Waals surface area contributed by atoms with E-state index in [4.69, 9.17) is 16.1 Å². The van der Waals surface area contributed by atoms with E-state index in [9.17, 15) is 9.18 Å². The third kappa shape index (κ3) is 4.23. The van der Waals surface area contributed by atoms with Crippen molar-refractivity contribution in [3.63, 3.8) is 0 Å². The summed E-state index contributed by atoms with van der Waals surface area (Å²) in [4.78, 5) is 30.2. The Morgan fingerprint density at radius 3 is 2.55 bits per heavy atom. The largest absolute Gasteiger partial charge is 0.362 e. The van der Waals surface area contributed by atoms with Crippen LogP contribution in [0.25, 0.3) is 15.9 Å². The lowest BCUT2D eigenvalue weighted by Gasteiger charge is -2.47. The number of fused-ring (bicyclic) bond motifs is 1. The van der Waals surface area contributed by atoms with E-state index in [0.29, 0.717) is 35.9 Å². The van der Waals surface area contributed by atoms with Gasteiger partial charge in [0.2, 0.25) is 11.4 Å². The van der Waals surface area contributed by atoms with Gasteiger partial charge >= 0.3 is 0 Å². The van der Waals surface area contributed by atoms with Gasteiger partial charge in [-0.2, -0.15) is 4.98 Å². The van der Waals surface area contributed by atoms with Crippen LogP contribution in [-0.4, -0.2) is 49.8 Å². The first kappa shape index (κ1) is 24.2. The van der Waals surface area contributed by atoms with Gasteiger partial charge in [0, 0.05) is 44.2 Å². The van der Waals surface area contributed by atoms with Gasteiger partial charge in [0.1, 0.15) is 11.9 Å². The van der Waals surface area contributed by atoms with Crippen molar-refractivity contribution in [1.82, 2.24) is 24.6 Å². The Labute approximate surface area is 219 Å². The van der Waals surface area contributed by atoms with Gasteiger partial charge in [-0.15, -0.1) is 4.98 Å². The highest BCUT2D eigenvalue weighted by Crippen LogP contribution is 2.40. The predicted octanol–water partition coefficient (Wildman–Crippen LogP) is 4.57. The fourth-order valence-corrected chi connectivity index (χ4v) is 5.42. The zero-order valence-corrected chi connectivity index (χ0v) is 21.5. The number of piperazine rings is 1. The summed E-state index contributed by atoms with van der Waals surface area (Å²) in [6.45, 7) is 12.9. The zero-order chi connectivity index (χ0) is 26.6. The van der Waals surface area contributed by atoms with E-state index in [1.165, 1.54) is 12.1 Å². The van der Waals surface area contributed by atoms with Gasteiger partial charge in [-0.3, -0.25) is 9.69 Å². The molecule has 0 N–H and O–H groups in total. The molecule has 0 amide bonds. The van der Waals surface area contributed by atoms with Crippen molar-refractivity contribution in [3.8, 4) is 0 Å². The second kappa shape index (κ2) is 9.33. The van der Waals surface area contributed by atoms with Crippen LogP contribution in [-0.2, 0) is 7.05 Å². The van der Waals surface area contributed by atoms with E-state index in [0.717, 1.165) is 29.9 Å². The summed E-state index contributed by atoms with van der Waals surface area (Å²) in [5.74, 6) is 1.59. The number of rotatable bonds is 5. The Bertz CT molecular complexity index is 1600. The van der Waals surface area contributed by atoms with Crippen LogP contribution in [0.15, 0.2) is 51.8 Å². The normalized spacial score (nSPS) is 21.0. The van der Waals surface area contributed by atoms with Crippen LogP contribution in [0.3, 0.4) is 0 Å². The maximum Gasteiger partial charge on any atom is 0.270 e. The van der Waals surface area contributed by atoms with E-state index in [1.54, 1.807) is 41.9 Å². The number of hydrogen-bond donors (Lipinski definition) is 0. The maximum atomic E-state index is 13.8. The zero-order valence-electron chi connectivity index (χ0n) is 21.5. The molecule has 194 valence electrons. The number of benzene rings is 1. The first-order chi connectivity index (χ1) is 18.3. The van der Waals surface area contributed by atoms with Crippen LogP contribution >= 0.6 is 0 Å². The van der Waals surface area contributed by atoms with Crippen LogP contribution in [0, 0.1) is 12.4 Å². The summed E-state index contributed by atoms with van der Waals surface area (Å²) in [5.41, 5.74) is 2.79. The second-order valence-electron chi connectivity index (χ2n) is 10.3. The van der Waals surface area contributed by atoms with Gasteiger partial charge in [-0.05, 0) is 56.5 Å². The highest BCUT2D eigenvalue weighted by molar-refractivity contribution is 5.89. The standard InChI is InChI=1S/C28H28FN7O2/c1-16-15-36(26(18-7-9-20(29)10-8-18)28-32-27(33-38-28)19-5-6-19)17(2)14-35(16)22-13-24(37)34(4)21-11-12-23(30-3)31-25(21)22/h7-13,16-17,19,26H,5-6,14-15H2,1-2,4H3/t16-,17+,26?/m0/s1. The molecule has 6 rings (SSSR count). The van der Waals surface area contributed by atoms with E-state index in [-0.39, 0.29) is 35.3 Å². The Hall–Kier alpha value is -4.10. The number of aryl methyl sites for hydroxylation is 1. The van der Waals surface area contributed by atoms with Crippen molar-refractivity contribution >= 4 is 22.5 Å². The summed E-state index contributed by atoms with van der Waals surface area (Å²) >= 11 is 0. The number of nitrogens with zero attached hydrogens (tertiary/aromatic N) is 7. The van der Waals surface area contributed by atoms with Gasteiger partial charge in [0.15, 0.2) is 5.82 Å². The van der Waals surface area contributed by atoms with Crippen molar-refractivity contribution in [2.24, 2.45) is 7.05 Å². The average Bonchev–Trinajstić information content (AvgIpc) is 3.66. The smallest absolute Gasteiger partial charge is 0.270 e. The lowest BCUT2D eigenvalue weighted by molar-refractivity contribution is 0.110. The third-order valence-electron chi connectivity index (χ3n) is 7.66. The topological polar surface area (TPSA) is 84.7 Å². The quantitative estimate of drug-likeness (QED) is 0.362. The molecule has 9 nitrogen and oxygen atoms in total. The Morgan fingerprint density at radius 2 is 1.84 bits per heavy atom. The molecular weight excluding hydrogens is 485 g/mol. The van der Waals surface area contributed by atoms with Crippen molar-refractivity contribution in [3.05, 3.63) is 87.3 Å². The van der Waals surface area contributed by atoms with Crippen LogP contribution in [0.1, 0.15) is 55.9 Å². The number of halogens is 1. The highest BCUT2D eigenvalue weighted by atomic mass is 19.1. The lowest BCUT2D eigenvalue weighted by atomic mass is 9.98. The fraction of sp³-hybridized carbons (Fsp3) is 0.393. The molecule has 1 unspecified atom stereocenters. The van der Waals surface area contributed by atoms with E-state index < -0.39 is 0 Å². The van der Waals surface area contributed by atoms with Crippen LogP contribution in [0.2, 0.25) is 0 Å². The molecule has 2 aliphatic rings. The lowest BCUT2D eigenvalue weighted by Crippen LogP contribution is -2.57. The first-order valence-corrected chi connectivity index (χ1v) is 12.8. The van der Waals surface area contributed by atoms with Crippen molar-refractivity contribution < 1.29 is 8.91 Å².